The summed E-state index contributed by atoms with van der Waals surface area (Å²) in [4.78, 5) is 29.4. The van der Waals surface area contributed by atoms with Crippen LogP contribution in [-0.2, 0) is 16.1 Å². The first-order chi connectivity index (χ1) is 11.1. The van der Waals surface area contributed by atoms with Crippen molar-refractivity contribution < 1.29 is 18.7 Å². The molecule has 2 amide bonds. The topological polar surface area (TPSA) is 71.5 Å². The number of benzene rings is 1. The Bertz CT molecular complexity index is 734. The van der Waals surface area contributed by atoms with E-state index in [4.69, 9.17) is 4.74 Å². The first-order valence-corrected chi connectivity index (χ1v) is 7.03. The molecule has 1 aromatic carbocycles. The summed E-state index contributed by atoms with van der Waals surface area (Å²) in [5.41, 5.74) is 0.770. The van der Waals surface area contributed by atoms with E-state index in [0.29, 0.717) is 11.6 Å². The summed E-state index contributed by atoms with van der Waals surface area (Å²) < 4.78 is 18.1. The lowest BCUT2D eigenvalue weighted by Crippen LogP contribution is -2.45. The second-order valence-electron chi connectivity index (χ2n) is 5.00. The van der Waals surface area contributed by atoms with Gasteiger partial charge < -0.3 is 10.1 Å². The van der Waals surface area contributed by atoms with Gasteiger partial charge in [0.1, 0.15) is 12.4 Å². The molecule has 2 heterocycles. The fraction of sp³-hybridized carbons (Fsp3) is 0.188. The lowest BCUT2D eigenvalue weighted by atomic mass is 10.2. The zero-order valence-corrected chi connectivity index (χ0v) is 12.2. The van der Waals surface area contributed by atoms with Crippen molar-refractivity contribution in [2.45, 2.75) is 6.54 Å². The number of nitrogens with one attached hydrogen (secondary N) is 1. The van der Waals surface area contributed by atoms with Crippen LogP contribution in [0, 0.1) is 5.82 Å². The van der Waals surface area contributed by atoms with Gasteiger partial charge in [0.05, 0.1) is 0 Å². The molecule has 0 bridgehead atoms. The molecule has 23 heavy (non-hydrogen) atoms. The van der Waals surface area contributed by atoms with Gasteiger partial charge in [0.25, 0.3) is 5.91 Å². The van der Waals surface area contributed by atoms with E-state index < -0.39 is 0 Å². The highest BCUT2D eigenvalue weighted by Gasteiger charge is 2.28. The summed E-state index contributed by atoms with van der Waals surface area (Å²) in [5.74, 6) is -0.185. The van der Waals surface area contributed by atoms with Crippen LogP contribution in [0.15, 0.2) is 42.6 Å². The summed E-state index contributed by atoms with van der Waals surface area (Å²) in [6, 6.07) is 9.22. The third-order valence-corrected chi connectivity index (χ3v) is 3.36. The maximum Gasteiger partial charge on any atom is 0.266 e. The van der Waals surface area contributed by atoms with Gasteiger partial charge in [-0.25, -0.2) is 9.37 Å². The van der Waals surface area contributed by atoms with Crippen LogP contribution in [0.4, 0.5) is 10.2 Å². The van der Waals surface area contributed by atoms with Crippen molar-refractivity contribution in [3.63, 3.8) is 0 Å². The predicted molar refractivity (Wildman–Crippen MR) is 80.3 cm³/mol. The number of pyridine rings is 1. The number of amides is 2. The van der Waals surface area contributed by atoms with E-state index in [1.54, 1.807) is 24.3 Å². The number of nitrogens with zero attached hydrogens (tertiary/aromatic N) is 2. The van der Waals surface area contributed by atoms with Gasteiger partial charge in [-0.2, -0.15) is 0 Å². The van der Waals surface area contributed by atoms with E-state index in [0.717, 1.165) is 5.56 Å². The van der Waals surface area contributed by atoms with Gasteiger partial charge in [0, 0.05) is 12.7 Å². The van der Waals surface area contributed by atoms with E-state index in [2.05, 4.69) is 10.3 Å². The summed E-state index contributed by atoms with van der Waals surface area (Å²) in [6.07, 6.45) is 1.53. The number of carbonyl (C=O) groups is 2. The number of anilines is 1. The fourth-order valence-electron chi connectivity index (χ4n) is 2.20. The van der Waals surface area contributed by atoms with E-state index >= 15 is 0 Å². The van der Waals surface area contributed by atoms with Gasteiger partial charge in [-0.15, -0.1) is 0 Å². The molecule has 0 unspecified atom stereocenters. The number of ether oxygens (including phenoxy) is 1. The molecule has 3 rings (SSSR count). The summed E-state index contributed by atoms with van der Waals surface area (Å²) in [7, 11) is 0. The van der Waals surface area contributed by atoms with Gasteiger partial charge in [-0.3, -0.25) is 14.5 Å². The summed E-state index contributed by atoms with van der Waals surface area (Å²) in [6.45, 7) is -0.00987. The predicted octanol–water partition coefficient (Wildman–Crippen LogP) is 1.26. The molecule has 0 radical (unpaired) electrons. The van der Waals surface area contributed by atoms with Crippen LogP contribution in [0.25, 0.3) is 0 Å². The van der Waals surface area contributed by atoms with Crippen LogP contribution < -0.4 is 15.0 Å². The van der Waals surface area contributed by atoms with Gasteiger partial charge in [0.2, 0.25) is 5.91 Å². The van der Waals surface area contributed by atoms with Crippen LogP contribution >= 0.6 is 0 Å². The molecule has 1 aliphatic heterocycles. The number of halogens is 1. The number of rotatable bonds is 4. The average molecular weight is 315 g/mol. The lowest BCUT2D eigenvalue weighted by Gasteiger charge is -2.27. The third-order valence-electron chi connectivity index (χ3n) is 3.36. The average Bonchev–Trinajstić information content (AvgIpc) is 2.57. The summed E-state index contributed by atoms with van der Waals surface area (Å²) in [5, 5.41) is 2.69. The molecule has 7 heteroatoms. The Morgan fingerprint density at radius 1 is 1.30 bits per heavy atom. The Labute approximate surface area is 131 Å². The molecule has 118 valence electrons. The number of carbonyl (C=O) groups excluding carboxylic acids is 2. The minimum absolute atomic E-state index is 0.121. The van der Waals surface area contributed by atoms with Crippen molar-refractivity contribution in [2.24, 2.45) is 0 Å². The molecule has 0 fully saturated rings. The maximum atomic E-state index is 12.8. The number of aromatic nitrogens is 1. The highest BCUT2D eigenvalue weighted by molar-refractivity contribution is 6.01. The first kappa shape index (κ1) is 15.0. The van der Waals surface area contributed by atoms with E-state index in [1.807, 2.05) is 0 Å². The van der Waals surface area contributed by atoms with Crippen molar-refractivity contribution in [1.29, 1.82) is 0 Å². The van der Waals surface area contributed by atoms with Crippen molar-refractivity contribution in [3.8, 4) is 5.75 Å². The molecule has 0 aliphatic carbocycles. The Kier molecular flexibility index (Phi) is 4.18. The van der Waals surface area contributed by atoms with Crippen LogP contribution in [0.3, 0.4) is 0 Å². The fourth-order valence-corrected chi connectivity index (χ4v) is 2.20. The van der Waals surface area contributed by atoms with Crippen molar-refractivity contribution in [3.05, 3.63) is 54.0 Å². The van der Waals surface area contributed by atoms with Crippen LogP contribution in [0.1, 0.15) is 5.56 Å². The van der Waals surface area contributed by atoms with Gasteiger partial charge in [0.15, 0.2) is 18.2 Å². The van der Waals surface area contributed by atoms with Crippen LogP contribution in [0.2, 0.25) is 0 Å². The minimum Gasteiger partial charge on any atom is -0.480 e. The summed E-state index contributed by atoms with van der Waals surface area (Å²) >= 11 is 0. The SMILES string of the molecule is O=C(CN1C(=O)COc2cccnc21)NCc1ccc(F)cc1. The van der Waals surface area contributed by atoms with Crippen molar-refractivity contribution in [2.75, 3.05) is 18.1 Å². The van der Waals surface area contributed by atoms with Crippen molar-refractivity contribution in [1.82, 2.24) is 10.3 Å². The minimum atomic E-state index is -0.332. The number of fused-ring (bicyclic) bond motifs is 1. The van der Waals surface area contributed by atoms with Crippen LogP contribution in [-0.4, -0.2) is 29.9 Å². The highest BCUT2D eigenvalue weighted by atomic mass is 19.1. The Balaban J connectivity index is 1.63. The molecule has 0 saturated carbocycles. The zero-order valence-electron chi connectivity index (χ0n) is 12.2. The molecular formula is C16H14FN3O3. The number of hydrogen-bond donors (Lipinski definition) is 1. The normalized spacial score (nSPS) is 13.3. The van der Waals surface area contributed by atoms with Crippen LogP contribution in [0.5, 0.6) is 5.75 Å². The Morgan fingerprint density at radius 3 is 2.87 bits per heavy atom. The molecule has 0 saturated heterocycles. The highest BCUT2D eigenvalue weighted by Crippen LogP contribution is 2.28. The first-order valence-electron chi connectivity index (χ1n) is 7.03. The molecular weight excluding hydrogens is 301 g/mol. The van der Waals surface area contributed by atoms with E-state index in [9.17, 15) is 14.0 Å². The molecule has 6 nitrogen and oxygen atoms in total. The van der Waals surface area contributed by atoms with Gasteiger partial charge in [-0.05, 0) is 29.8 Å². The third kappa shape index (κ3) is 3.45. The zero-order chi connectivity index (χ0) is 16.2. The molecule has 0 spiro atoms. The second kappa shape index (κ2) is 6.43. The molecule has 1 aliphatic rings. The van der Waals surface area contributed by atoms with Gasteiger partial charge in [-0.1, -0.05) is 12.1 Å². The smallest absolute Gasteiger partial charge is 0.266 e. The standard InChI is InChI=1S/C16H14FN3O3/c17-12-5-3-11(4-6-12)8-19-14(21)9-20-15(22)10-23-13-2-1-7-18-16(13)20/h1-7H,8-10H2,(H,19,21). The number of hydrogen-bond acceptors (Lipinski definition) is 4. The Hall–Kier alpha value is -2.96. The monoisotopic (exact) mass is 315 g/mol. The van der Waals surface area contributed by atoms with E-state index in [-0.39, 0.29) is 37.3 Å². The van der Waals surface area contributed by atoms with E-state index in [1.165, 1.54) is 23.2 Å². The lowest BCUT2D eigenvalue weighted by molar-refractivity contribution is -0.125. The van der Waals surface area contributed by atoms with Gasteiger partial charge >= 0.3 is 0 Å². The molecule has 0 atom stereocenters. The Morgan fingerprint density at radius 2 is 2.09 bits per heavy atom. The van der Waals surface area contributed by atoms with Crippen molar-refractivity contribution >= 4 is 17.6 Å². The quantitative estimate of drug-likeness (QED) is 0.922. The molecule has 1 N–H and O–H groups in total. The largest absolute Gasteiger partial charge is 0.480 e. The second-order valence-corrected chi connectivity index (χ2v) is 5.00. The molecule has 2 aromatic rings. The maximum absolute atomic E-state index is 12.8. The molecule has 1 aromatic heterocycles.